The molecule has 1 atom stereocenters. The summed E-state index contributed by atoms with van der Waals surface area (Å²) in [6.45, 7) is 6.37. The van der Waals surface area contributed by atoms with E-state index in [-0.39, 0.29) is 44.0 Å². The zero-order valence-corrected chi connectivity index (χ0v) is 47.6. The lowest BCUT2D eigenvalue weighted by Crippen LogP contribution is -2.30. The fraction of sp³-hybridized carbons (Fsp3) is 0.687. The molecule has 416 valence electrons. The van der Waals surface area contributed by atoms with Crippen LogP contribution in [-0.2, 0) is 28.6 Å². The van der Waals surface area contributed by atoms with Gasteiger partial charge in [-0.3, -0.25) is 14.4 Å². The van der Waals surface area contributed by atoms with Crippen LogP contribution in [0.25, 0.3) is 0 Å². The summed E-state index contributed by atoms with van der Waals surface area (Å²) in [4.78, 5) is 38.2. The lowest BCUT2D eigenvalue weighted by Gasteiger charge is -2.18. The minimum atomic E-state index is -0.816. The normalized spacial score (nSPS) is 12.9. The molecule has 0 fully saturated rings. The molecule has 0 saturated carbocycles. The summed E-state index contributed by atoms with van der Waals surface area (Å²) in [6.07, 6.45) is 82.4. The van der Waals surface area contributed by atoms with Gasteiger partial charge in [0.1, 0.15) is 13.2 Å². The average molecular weight is 1010 g/mol. The first kappa shape index (κ1) is 69.1. The van der Waals surface area contributed by atoms with Gasteiger partial charge in [0, 0.05) is 19.3 Å². The SMILES string of the molecule is CC/C=C\C/C=C\C/C=C\C/C=C\C/C=C\CCCC(=O)OC[C@H](COC(=O)CCCCCCCCCCCCCCCCCCCCCCC)OC(=O)CCCCCC/C=C\C/C=C\C/C=C\C/C=C\CC. The molecule has 0 unspecified atom stereocenters. The molecule has 0 aliphatic rings. The maximum atomic E-state index is 12.9. The van der Waals surface area contributed by atoms with Gasteiger partial charge in [0.25, 0.3) is 0 Å². The highest BCUT2D eigenvalue weighted by molar-refractivity contribution is 5.71. The number of carbonyl (C=O) groups excluding carboxylic acids is 3. The standard InChI is InChI=1S/C67H112O6/c1-4-7-10-13-16-19-22-25-28-31-32-33-34-37-39-42-45-48-51-54-57-60-66(69)72-63-64(73-67(70)61-58-55-52-49-46-43-40-36-30-27-24-21-18-15-12-9-6-3)62-71-65(68)59-56-53-50-47-44-41-38-35-29-26-23-20-17-14-11-8-5-2/h8-9,11-12,17-18,20-21,26-27,29-30,38,40-41,43,47,50,64H,4-7,10,13-16,19,22-25,28,31-37,39,42,44-46,48-49,51-63H2,1-3H3/b11-8-,12-9-,20-17-,21-18-,29-26-,30-27-,41-38-,43-40-,50-47-/t64-/m1/s1. The van der Waals surface area contributed by atoms with Crippen LogP contribution in [0.1, 0.15) is 278 Å². The van der Waals surface area contributed by atoms with E-state index < -0.39 is 6.10 Å². The predicted octanol–water partition coefficient (Wildman–Crippen LogP) is 20.7. The lowest BCUT2D eigenvalue weighted by atomic mass is 10.0. The van der Waals surface area contributed by atoms with Crippen LogP contribution in [0.5, 0.6) is 0 Å². The van der Waals surface area contributed by atoms with Crippen LogP contribution in [0.4, 0.5) is 0 Å². The molecular weight excluding hydrogens is 901 g/mol. The fourth-order valence-electron chi connectivity index (χ4n) is 8.29. The zero-order chi connectivity index (χ0) is 52.9. The van der Waals surface area contributed by atoms with Crippen molar-refractivity contribution < 1.29 is 28.6 Å². The van der Waals surface area contributed by atoms with E-state index in [0.29, 0.717) is 12.8 Å². The molecule has 0 aliphatic carbocycles. The van der Waals surface area contributed by atoms with Gasteiger partial charge in [0.05, 0.1) is 0 Å². The summed E-state index contributed by atoms with van der Waals surface area (Å²) in [5.74, 6) is -0.984. The molecule has 0 rings (SSSR count). The Balaban J connectivity index is 4.46. The molecule has 0 spiro atoms. The number of rotatable bonds is 54. The van der Waals surface area contributed by atoms with E-state index in [1.54, 1.807) is 0 Å². The third-order valence-electron chi connectivity index (χ3n) is 12.8. The smallest absolute Gasteiger partial charge is 0.306 e. The van der Waals surface area contributed by atoms with E-state index in [0.717, 1.165) is 116 Å². The van der Waals surface area contributed by atoms with Crippen molar-refractivity contribution in [1.29, 1.82) is 0 Å². The topological polar surface area (TPSA) is 78.9 Å². The Morgan fingerprint density at radius 1 is 0.288 bits per heavy atom. The minimum Gasteiger partial charge on any atom is -0.462 e. The van der Waals surface area contributed by atoms with Crippen LogP contribution in [0, 0.1) is 0 Å². The highest BCUT2D eigenvalue weighted by Gasteiger charge is 2.19. The second-order valence-electron chi connectivity index (χ2n) is 19.9. The van der Waals surface area contributed by atoms with Crippen molar-refractivity contribution in [3.05, 3.63) is 109 Å². The Labute approximate surface area is 450 Å². The number of hydrogen-bond donors (Lipinski definition) is 0. The summed E-state index contributed by atoms with van der Waals surface area (Å²) >= 11 is 0. The van der Waals surface area contributed by atoms with Gasteiger partial charge in [0.15, 0.2) is 6.10 Å². The molecule has 0 heterocycles. The van der Waals surface area contributed by atoms with Gasteiger partial charge in [-0.15, -0.1) is 0 Å². The molecule has 0 aliphatic heterocycles. The largest absolute Gasteiger partial charge is 0.462 e. The van der Waals surface area contributed by atoms with Crippen LogP contribution in [-0.4, -0.2) is 37.2 Å². The summed E-state index contributed by atoms with van der Waals surface area (Å²) in [6, 6.07) is 0. The molecule has 0 aromatic rings. The first-order valence-electron chi connectivity index (χ1n) is 30.4. The molecule has 6 nitrogen and oxygen atoms in total. The van der Waals surface area contributed by atoms with Gasteiger partial charge < -0.3 is 14.2 Å². The maximum absolute atomic E-state index is 12.9. The van der Waals surface area contributed by atoms with Crippen LogP contribution < -0.4 is 0 Å². The minimum absolute atomic E-state index is 0.105. The van der Waals surface area contributed by atoms with Gasteiger partial charge >= 0.3 is 17.9 Å². The van der Waals surface area contributed by atoms with Gasteiger partial charge in [-0.25, -0.2) is 0 Å². The van der Waals surface area contributed by atoms with E-state index in [1.165, 1.54) is 116 Å². The molecule has 0 saturated heterocycles. The van der Waals surface area contributed by atoms with Gasteiger partial charge in [-0.05, 0) is 96.3 Å². The molecule has 0 aromatic heterocycles. The van der Waals surface area contributed by atoms with Crippen molar-refractivity contribution >= 4 is 17.9 Å². The van der Waals surface area contributed by atoms with Crippen molar-refractivity contribution in [2.24, 2.45) is 0 Å². The van der Waals surface area contributed by atoms with E-state index in [9.17, 15) is 14.4 Å². The van der Waals surface area contributed by atoms with Crippen molar-refractivity contribution in [1.82, 2.24) is 0 Å². The van der Waals surface area contributed by atoms with Crippen LogP contribution in [0.2, 0.25) is 0 Å². The predicted molar refractivity (Wildman–Crippen MR) is 316 cm³/mol. The van der Waals surface area contributed by atoms with E-state index >= 15 is 0 Å². The second kappa shape index (κ2) is 60.6. The number of allylic oxidation sites excluding steroid dienone is 18. The van der Waals surface area contributed by atoms with Crippen molar-refractivity contribution in [3.63, 3.8) is 0 Å². The maximum Gasteiger partial charge on any atom is 0.306 e. The quantitative estimate of drug-likeness (QED) is 0.0261. The summed E-state index contributed by atoms with van der Waals surface area (Å²) in [5, 5.41) is 0. The van der Waals surface area contributed by atoms with Crippen molar-refractivity contribution in [3.8, 4) is 0 Å². The summed E-state index contributed by atoms with van der Waals surface area (Å²) in [7, 11) is 0. The van der Waals surface area contributed by atoms with Gasteiger partial charge in [-0.2, -0.15) is 0 Å². The number of carbonyl (C=O) groups is 3. The third kappa shape index (κ3) is 58.8. The number of esters is 3. The molecule has 73 heavy (non-hydrogen) atoms. The van der Waals surface area contributed by atoms with Gasteiger partial charge in [0.2, 0.25) is 0 Å². The highest BCUT2D eigenvalue weighted by Crippen LogP contribution is 2.16. The molecule has 0 N–H and O–H groups in total. The molecular formula is C67H112O6. The Kier molecular flexibility index (Phi) is 57.4. The third-order valence-corrected chi connectivity index (χ3v) is 12.8. The van der Waals surface area contributed by atoms with E-state index in [2.05, 4.69) is 130 Å². The molecule has 0 bridgehead atoms. The summed E-state index contributed by atoms with van der Waals surface area (Å²) in [5.41, 5.74) is 0. The van der Waals surface area contributed by atoms with E-state index in [1.807, 2.05) is 0 Å². The molecule has 0 aromatic carbocycles. The van der Waals surface area contributed by atoms with Crippen molar-refractivity contribution in [2.75, 3.05) is 13.2 Å². The molecule has 0 radical (unpaired) electrons. The van der Waals surface area contributed by atoms with Crippen LogP contribution in [0.15, 0.2) is 109 Å². The number of unbranched alkanes of at least 4 members (excludes halogenated alkanes) is 25. The first-order chi connectivity index (χ1) is 36.0. The highest BCUT2D eigenvalue weighted by atomic mass is 16.6. The Hall–Kier alpha value is -3.93. The van der Waals surface area contributed by atoms with Crippen LogP contribution in [0.3, 0.4) is 0 Å². The average Bonchev–Trinajstić information content (AvgIpc) is 3.39. The fourth-order valence-corrected chi connectivity index (χ4v) is 8.29. The number of ether oxygens (including phenoxy) is 3. The first-order valence-corrected chi connectivity index (χ1v) is 30.4. The Morgan fingerprint density at radius 3 is 0.890 bits per heavy atom. The molecule has 6 heteroatoms. The lowest BCUT2D eigenvalue weighted by molar-refractivity contribution is -0.167. The van der Waals surface area contributed by atoms with E-state index in [4.69, 9.17) is 14.2 Å². The number of hydrogen-bond acceptors (Lipinski definition) is 6. The monoisotopic (exact) mass is 1010 g/mol. The van der Waals surface area contributed by atoms with Crippen molar-refractivity contribution in [2.45, 2.75) is 284 Å². The summed E-state index contributed by atoms with van der Waals surface area (Å²) < 4.78 is 16.8. The molecule has 0 amide bonds. The van der Waals surface area contributed by atoms with Crippen LogP contribution >= 0.6 is 0 Å². The Bertz CT molecular complexity index is 1490. The van der Waals surface area contributed by atoms with Gasteiger partial charge in [-0.1, -0.05) is 271 Å². The second-order valence-corrected chi connectivity index (χ2v) is 19.9. The Morgan fingerprint density at radius 2 is 0.548 bits per heavy atom. The zero-order valence-electron chi connectivity index (χ0n) is 47.6.